The summed E-state index contributed by atoms with van der Waals surface area (Å²) in [5.74, 6) is 0. The SMILES string of the molecule is C=CCOC(=O)N(c1ccccc1)c1ccccc1. The standard InChI is InChI=1S/C16H15NO2/c1-2-13-19-16(18)17(14-9-5-3-6-10-14)15-11-7-4-8-12-15/h2-12H,1,13H2. The first kappa shape index (κ1) is 12.9. The monoisotopic (exact) mass is 253 g/mol. The number of rotatable bonds is 4. The molecule has 2 aromatic carbocycles. The molecule has 3 nitrogen and oxygen atoms in total. The molecule has 3 heteroatoms. The van der Waals surface area contributed by atoms with Gasteiger partial charge in [-0.1, -0.05) is 49.1 Å². The Morgan fingerprint density at radius 2 is 1.47 bits per heavy atom. The Balaban J connectivity index is 2.34. The molecule has 2 rings (SSSR count). The molecule has 2 aromatic rings. The van der Waals surface area contributed by atoms with Crippen LogP contribution >= 0.6 is 0 Å². The van der Waals surface area contributed by atoms with Crippen molar-refractivity contribution in [2.45, 2.75) is 0 Å². The quantitative estimate of drug-likeness (QED) is 0.766. The van der Waals surface area contributed by atoms with Gasteiger partial charge in [0.05, 0.1) is 11.4 Å². The molecule has 19 heavy (non-hydrogen) atoms. The maximum Gasteiger partial charge on any atom is 0.419 e. The van der Waals surface area contributed by atoms with Gasteiger partial charge in [0.2, 0.25) is 0 Å². The minimum absolute atomic E-state index is 0.189. The number of anilines is 2. The lowest BCUT2D eigenvalue weighted by molar-refractivity contribution is 0.169. The number of hydrogen-bond donors (Lipinski definition) is 0. The molecule has 0 saturated carbocycles. The van der Waals surface area contributed by atoms with Gasteiger partial charge in [-0.25, -0.2) is 9.69 Å². The van der Waals surface area contributed by atoms with E-state index in [1.54, 1.807) is 6.08 Å². The van der Waals surface area contributed by atoms with Crippen LogP contribution in [0.1, 0.15) is 0 Å². The number of ether oxygens (including phenoxy) is 1. The van der Waals surface area contributed by atoms with E-state index in [-0.39, 0.29) is 6.61 Å². The smallest absolute Gasteiger partial charge is 0.419 e. The minimum Gasteiger partial charge on any atom is -0.445 e. The fourth-order valence-corrected chi connectivity index (χ4v) is 1.71. The molecule has 0 aromatic heterocycles. The lowest BCUT2D eigenvalue weighted by Gasteiger charge is -2.21. The van der Waals surface area contributed by atoms with Crippen LogP contribution in [0.5, 0.6) is 0 Å². The molecule has 0 heterocycles. The molecule has 96 valence electrons. The predicted octanol–water partition coefficient (Wildman–Crippen LogP) is 4.15. The third-order valence-corrected chi connectivity index (χ3v) is 2.54. The normalized spacial score (nSPS) is 9.68. The van der Waals surface area contributed by atoms with Crippen LogP contribution < -0.4 is 4.90 Å². The third-order valence-electron chi connectivity index (χ3n) is 2.54. The fourth-order valence-electron chi connectivity index (χ4n) is 1.71. The van der Waals surface area contributed by atoms with Crippen molar-refractivity contribution >= 4 is 17.5 Å². The molecule has 0 bridgehead atoms. The van der Waals surface area contributed by atoms with E-state index in [0.717, 1.165) is 11.4 Å². The van der Waals surface area contributed by atoms with Crippen molar-refractivity contribution in [2.24, 2.45) is 0 Å². The van der Waals surface area contributed by atoms with Crippen LogP contribution in [0.25, 0.3) is 0 Å². The molecule has 0 saturated heterocycles. The topological polar surface area (TPSA) is 29.5 Å². The largest absolute Gasteiger partial charge is 0.445 e. The summed E-state index contributed by atoms with van der Waals surface area (Å²) in [4.78, 5) is 13.7. The maximum absolute atomic E-state index is 12.2. The number of nitrogens with zero attached hydrogens (tertiary/aromatic N) is 1. The zero-order valence-corrected chi connectivity index (χ0v) is 10.5. The average Bonchev–Trinajstić information content (AvgIpc) is 2.47. The third kappa shape index (κ3) is 3.22. The second-order valence-corrected chi connectivity index (χ2v) is 3.87. The van der Waals surface area contributed by atoms with Crippen LogP contribution in [0.3, 0.4) is 0 Å². The predicted molar refractivity (Wildman–Crippen MR) is 76.6 cm³/mol. The summed E-state index contributed by atoms with van der Waals surface area (Å²) in [5, 5.41) is 0. The van der Waals surface area contributed by atoms with Crippen LogP contribution in [-0.4, -0.2) is 12.7 Å². The van der Waals surface area contributed by atoms with E-state index in [1.807, 2.05) is 60.7 Å². The first-order valence-corrected chi connectivity index (χ1v) is 6.01. The van der Waals surface area contributed by atoms with Crippen molar-refractivity contribution in [3.05, 3.63) is 73.3 Å². The molecular formula is C16H15NO2. The Morgan fingerprint density at radius 1 is 1.00 bits per heavy atom. The Hall–Kier alpha value is -2.55. The fraction of sp³-hybridized carbons (Fsp3) is 0.0625. The second-order valence-electron chi connectivity index (χ2n) is 3.87. The lowest BCUT2D eigenvalue weighted by Crippen LogP contribution is -2.26. The molecular weight excluding hydrogens is 238 g/mol. The van der Waals surface area contributed by atoms with E-state index in [0.29, 0.717) is 0 Å². The summed E-state index contributed by atoms with van der Waals surface area (Å²) in [5.41, 5.74) is 1.53. The van der Waals surface area contributed by atoms with Crippen molar-refractivity contribution < 1.29 is 9.53 Å². The highest BCUT2D eigenvalue weighted by molar-refractivity contribution is 5.95. The van der Waals surface area contributed by atoms with Gasteiger partial charge in [-0.05, 0) is 24.3 Å². The van der Waals surface area contributed by atoms with Gasteiger partial charge in [0.1, 0.15) is 6.61 Å². The molecule has 1 amide bonds. The molecule has 0 N–H and O–H groups in total. The summed E-state index contributed by atoms with van der Waals surface area (Å²) in [7, 11) is 0. The Labute approximate surface area is 112 Å². The van der Waals surface area contributed by atoms with Gasteiger partial charge < -0.3 is 4.74 Å². The van der Waals surface area contributed by atoms with E-state index in [9.17, 15) is 4.79 Å². The maximum atomic E-state index is 12.2. The van der Waals surface area contributed by atoms with Gasteiger partial charge in [0.25, 0.3) is 0 Å². The number of carbonyl (C=O) groups is 1. The summed E-state index contributed by atoms with van der Waals surface area (Å²) in [6, 6.07) is 18.8. The Kier molecular flexibility index (Phi) is 4.34. The number of amides is 1. The molecule has 0 atom stereocenters. The lowest BCUT2D eigenvalue weighted by atomic mass is 10.2. The van der Waals surface area contributed by atoms with Gasteiger partial charge in [0.15, 0.2) is 0 Å². The summed E-state index contributed by atoms with van der Waals surface area (Å²) in [6.07, 6.45) is 1.13. The molecule has 0 aliphatic rings. The highest BCUT2D eigenvalue weighted by Crippen LogP contribution is 2.25. The molecule has 0 aliphatic heterocycles. The van der Waals surface area contributed by atoms with Crippen molar-refractivity contribution in [3.63, 3.8) is 0 Å². The van der Waals surface area contributed by atoms with Crippen LogP contribution in [0.15, 0.2) is 73.3 Å². The van der Waals surface area contributed by atoms with E-state index >= 15 is 0 Å². The summed E-state index contributed by atoms with van der Waals surface area (Å²) < 4.78 is 5.13. The number of benzene rings is 2. The van der Waals surface area contributed by atoms with Crippen molar-refractivity contribution in [1.82, 2.24) is 0 Å². The first-order chi connectivity index (χ1) is 9.33. The van der Waals surface area contributed by atoms with Crippen LogP contribution in [0.2, 0.25) is 0 Å². The Bertz CT molecular complexity index is 498. The van der Waals surface area contributed by atoms with E-state index in [1.165, 1.54) is 4.90 Å². The molecule has 0 fully saturated rings. The summed E-state index contributed by atoms with van der Waals surface area (Å²) in [6.45, 7) is 3.73. The van der Waals surface area contributed by atoms with E-state index in [2.05, 4.69) is 6.58 Å². The van der Waals surface area contributed by atoms with Gasteiger partial charge in [-0.3, -0.25) is 0 Å². The number of hydrogen-bond acceptors (Lipinski definition) is 2. The van der Waals surface area contributed by atoms with E-state index < -0.39 is 6.09 Å². The molecule has 0 unspecified atom stereocenters. The van der Waals surface area contributed by atoms with Crippen molar-refractivity contribution in [2.75, 3.05) is 11.5 Å². The van der Waals surface area contributed by atoms with Crippen molar-refractivity contribution in [1.29, 1.82) is 0 Å². The van der Waals surface area contributed by atoms with Crippen molar-refractivity contribution in [3.8, 4) is 0 Å². The summed E-state index contributed by atoms with van der Waals surface area (Å²) >= 11 is 0. The zero-order chi connectivity index (χ0) is 13.5. The first-order valence-electron chi connectivity index (χ1n) is 6.01. The van der Waals surface area contributed by atoms with Crippen LogP contribution in [-0.2, 0) is 4.74 Å². The zero-order valence-electron chi connectivity index (χ0n) is 10.5. The number of carbonyl (C=O) groups excluding carboxylic acids is 1. The van der Waals surface area contributed by atoms with Crippen LogP contribution in [0.4, 0.5) is 16.2 Å². The molecule has 0 spiro atoms. The minimum atomic E-state index is -0.419. The van der Waals surface area contributed by atoms with Gasteiger partial charge >= 0.3 is 6.09 Å². The van der Waals surface area contributed by atoms with Gasteiger partial charge in [0, 0.05) is 0 Å². The average molecular weight is 253 g/mol. The molecule has 0 radical (unpaired) electrons. The van der Waals surface area contributed by atoms with Gasteiger partial charge in [-0.15, -0.1) is 0 Å². The van der Waals surface area contributed by atoms with Gasteiger partial charge in [-0.2, -0.15) is 0 Å². The van der Waals surface area contributed by atoms with Crippen LogP contribution in [0, 0.1) is 0 Å². The molecule has 0 aliphatic carbocycles. The highest BCUT2D eigenvalue weighted by atomic mass is 16.6. The second kappa shape index (κ2) is 6.40. The van der Waals surface area contributed by atoms with E-state index in [4.69, 9.17) is 4.74 Å². The Morgan fingerprint density at radius 3 is 1.89 bits per heavy atom. The number of para-hydroxylation sites is 2. The highest BCUT2D eigenvalue weighted by Gasteiger charge is 2.18.